The fourth-order valence-corrected chi connectivity index (χ4v) is 1.60. The molecule has 1 heterocycles. The minimum Gasteiger partial charge on any atom is -0.461 e. The molecule has 0 radical (unpaired) electrons. The van der Waals surface area contributed by atoms with Gasteiger partial charge in [0.2, 0.25) is 0 Å². The molecule has 0 amide bonds. The summed E-state index contributed by atoms with van der Waals surface area (Å²) < 4.78 is 18.5. The van der Waals surface area contributed by atoms with Gasteiger partial charge in [-0.15, -0.1) is 0 Å². The number of furan rings is 1. The second-order valence-corrected chi connectivity index (χ2v) is 4.52. The van der Waals surface area contributed by atoms with Crippen LogP contribution in [-0.2, 0) is 5.41 Å². The lowest BCUT2D eigenvalue weighted by Gasteiger charge is -2.16. The van der Waals surface area contributed by atoms with Crippen molar-refractivity contribution in [3.8, 4) is 0 Å². The molecule has 0 unspecified atom stereocenters. The first kappa shape index (κ1) is 9.25. The van der Waals surface area contributed by atoms with Crippen molar-refractivity contribution in [3.63, 3.8) is 0 Å². The van der Waals surface area contributed by atoms with Crippen LogP contribution in [0.1, 0.15) is 26.3 Å². The molecule has 0 aliphatic heterocycles. The number of halogens is 1. The van der Waals surface area contributed by atoms with Crippen molar-refractivity contribution in [2.45, 2.75) is 26.2 Å². The van der Waals surface area contributed by atoms with Crippen LogP contribution >= 0.6 is 0 Å². The molecule has 0 bridgehead atoms. The Morgan fingerprint density at radius 1 is 1.21 bits per heavy atom. The first-order valence-electron chi connectivity index (χ1n) is 4.66. The second kappa shape index (κ2) is 2.84. The highest BCUT2D eigenvalue weighted by Crippen LogP contribution is 2.32. The van der Waals surface area contributed by atoms with Crippen molar-refractivity contribution in [1.82, 2.24) is 0 Å². The van der Waals surface area contributed by atoms with Crippen molar-refractivity contribution in [2.24, 2.45) is 0 Å². The summed E-state index contributed by atoms with van der Waals surface area (Å²) in [7, 11) is 0. The van der Waals surface area contributed by atoms with Gasteiger partial charge in [-0.25, -0.2) is 4.39 Å². The Hall–Kier alpha value is -1.31. The van der Waals surface area contributed by atoms with Crippen LogP contribution in [0.4, 0.5) is 4.39 Å². The summed E-state index contributed by atoms with van der Waals surface area (Å²) in [6.07, 6.45) is 1.65. The van der Waals surface area contributed by atoms with E-state index >= 15 is 0 Å². The average Bonchev–Trinajstić information content (AvgIpc) is 2.47. The maximum absolute atomic E-state index is 13.3. The molecule has 74 valence electrons. The molecule has 0 N–H and O–H groups in total. The smallest absolute Gasteiger partial charge is 0.169 e. The highest BCUT2D eigenvalue weighted by Gasteiger charge is 2.20. The molecular weight excluding hydrogens is 179 g/mol. The van der Waals surface area contributed by atoms with E-state index in [0.717, 1.165) is 10.9 Å². The molecule has 0 atom stereocenters. The molecule has 1 aromatic carbocycles. The van der Waals surface area contributed by atoms with Crippen molar-refractivity contribution in [2.75, 3.05) is 0 Å². The van der Waals surface area contributed by atoms with E-state index in [-0.39, 0.29) is 11.2 Å². The lowest BCUT2D eigenvalue weighted by atomic mass is 9.87. The fraction of sp³-hybridized carbons (Fsp3) is 0.333. The quantitative estimate of drug-likeness (QED) is 0.617. The Bertz CT molecular complexity index is 463. The molecular formula is C12H13FO. The predicted octanol–water partition coefficient (Wildman–Crippen LogP) is 3.87. The summed E-state index contributed by atoms with van der Waals surface area (Å²) in [6.45, 7) is 6.26. The van der Waals surface area contributed by atoms with Crippen LogP contribution in [0, 0.1) is 5.82 Å². The van der Waals surface area contributed by atoms with Crippen LogP contribution < -0.4 is 0 Å². The van der Waals surface area contributed by atoms with E-state index in [9.17, 15) is 4.39 Å². The zero-order valence-corrected chi connectivity index (χ0v) is 8.60. The van der Waals surface area contributed by atoms with Gasteiger partial charge in [0.05, 0.1) is 6.26 Å². The van der Waals surface area contributed by atoms with E-state index in [1.54, 1.807) is 12.3 Å². The predicted molar refractivity (Wildman–Crippen MR) is 54.9 cm³/mol. The summed E-state index contributed by atoms with van der Waals surface area (Å²) in [6, 6.07) is 5.02. The van der Waals surface area contributed by atoms with E-state index in [2.05, 4.69) is 20.8 Å². The van der Waals surface area contributed by atoms with Crippen LogP contribution in [0.25, 0.3) is 11.0 Å². The maximum Gasteiger partial charge on any atom is 0.169 e. The van der Waals surface area contributed by atoms with Crippen LogP contribution in [-0.4, -0.2) is 0 Å². The molecule has 2 aromatic rings. The molecule has 0 saturated carbocycles. The van der Waals surface area contributed by atoms with Crippen LogP contribution in [0.3, 0.4) is 0 Å². The third-order valence-corrected chi connectivity index (χ3v) is 2.36. The third-order valence-electron chi connectivity index (χ3n) is 2.36. The lowest BCUT2D eigenvalue weighted by molar-refractivity contribution is 0.539. The molecule has 0 spiro atoms. The van der Waals surface area contributed by atoms with Gasteiger partial charge in [-0.1, -0.05) is 32.9 Å². The molecule has 0 fully saturated rings. The molecule has 0 aliphatic rings. The van der Waals surface area contributed by atoms with Gasteiger partial charge < -0.3 is 4.42 Å². The Kier molecular flexibility index (Phi) is 1.88. The van der Waals surface area contributed by atoms with Crippen molar-refractivity contribution in [1.29, 1.82) is 0 Å². The highest BCUT2D eigenvalue weighted by atomic mass is 19.1. The van der Waals surface area contributed by atoms with Gasteiger partial charge in [-0.05, 0) is 11.5 Å². The number of benzene rings is 1. The van der Waals surface area contributed by atoms with Crippen molar-refractivity contribution in [3.05, 3.63) is 35.8 Å². The summed E-state index contributed by atoms with van der Waals surface area (Å²) in [5.41, 5.74) is 1.39. The Morgan fingerprint density at radius 2 is 1.93 bits per heavy atom. The minimum atomic E-state index is -0.294. The first-order chi connectivity index (χ1) is 6.50. The summed E-state index contributed by atoms with van der Waals surface area (Å²) in [5.74, 6) is -0.294. The zero-order chi connectivity index (χ0) is 10.3. The van der Waals surface area contributed by atoms with Gasteiger partial charge in [-0.2, -0.15) is 0 Å². The number of fused-ring (bicyclic) bond motifs is 1. The Morgan fingerprint density at radius 3 is 2.57 bits per heavy atom. The maximum atomic E-state index is 13.3. The average molecular weight is 192 g/mol. The van der Waals surface area contributed by atoms with E-state index in [1.165, 1.54) is 6.07 Å². The van der Waals surface area contributed by atoms with E-state index in [4.69, 9.17) is 4.42 Å². The monoisotopic (exact) mass is 192 g/mol. The van der Waals surface area contributed by atoms with Crippen LogP contribution in [0.15, 0.2) is 28.9 Å². The molecule has 0 aliphatic carbocycles. The molecule has 14 heavy (non-hydrogen) atoms. The lowest BCUT2D eigenvalue weighted by Crippen LogP contribution is -2.09. The number of para-hydroxylation sites is 1. The van der Waals surface area contributed by atoms with Gasteiger partial charge in [0, 0.05) is 10.9 Å². The van der Waals surface area contributed by atoms with E-state index in [0.29, 0.717) is 5.58 Å². The van der Waals surface area contributed by atoms with Gasteiger partial charge in [0.15, 0.2) is 11.4 Å². The van der Waals surface area contributed by atoms with Gasteiger partial charge in [-0.3, -0.25) is 0 Å². The van der Waals surface area contributed by atoms with Gasteiger partial charge in [0.25, 0.3) is 0 Å². The molecule has 2 heteroatoms. The van der Waals surface area contributed by atoms with Crippen molar-refractivity contribution < 1.29 is 8.81 Å². The SMILES string of the molecule is CC(C)(C)c1coc2c(F)cccc12. The highest BCUT2D eigenvalue weighted by molar-refractivity contribution is 5.82. The molecule has 1 aromatic heterocycles. The third kappa shape index (κ3) is 1.31. The Balaban J connectivity index is 2.76. The summed E-state index contributed by atoms with van der Waals surface area (Å²) in [4.78, 5) is 0. The molecule has 2 rings (SSSR count). The summed E-state index contributed by atoms with van der Waals surface area (Å²) in [5, 5.41) is 0.873. The summed E-state index contributed by atoms with van der Waals surface area (Å²) >= 11 is 0. The van der Waals surface area contributed by atoms with Crippen LogP contribution in [0.2, 0.25) is 0 Å². The molecule has 0 saturated heterocycles. The minimum absolute atomic E-state index is 0.0148. The topological polar surface area (TPSA) is 13.1 Å². The van der Waals surface area contributed by atoms with E-state index < -0.39 is 0 Å². The number of hydrogen-bond donors (Lipinski definition) is 0. The number of rotatable bonds is 0. The Labute approximate surface area is 82.5 Å². The fourth-order valence-electron chi connectivity index (χ4n) is 1.60. The standard InChI is InChI=1S/C12H13FO/c1-12(2,3)9-7-14-11-8(9)5-4-6-10(11)13/h4-7H,1-3H3. The van der Waals surface area contributed by atoms with Gasteiger partial charge >= 0.3 is 0 Å². The first-order valence-corrected chi connectivity index (χ1v) is 4.66. The molecule has 1 nitrogen and oxygen atoms in total. The largest absolute Gasteiger partial charge is 0.461 e. The van der Waals surface area contributed by atoms with Crippen LogP contribution in [0.5, 0.6) is 0 Å². The van der Waals surface area contributed by atoms with Gasteiger partial charge in [0.1, 0.15) is 0 Å². The normalized spacial score (nSPS) is 12.3. The second-order valence-electron chi connectivity index (χ2n) is 4.52. The van der Waals surface area contributed by atoms with E-state index in [1.807, 2.05) is 6.07 Å². The van der Waals surface area contributed by atoms with Crippen molar-refractivity contribution >= 4 is 11.0 Å². The zero-order valence-electron chi connectivity index (χ0n) is 8.60. The number of hydrogen-bond acceptors (Lipinski definition) is 1.